The van der Waals surface area contributed by atoms with E-state index in [1.54, 1.807) is 19.1 Å². The Morgan fingerprint density at radius 3 is 2.22 bits per heavy atom. The summed E-state index contributed by atoms with van der Waals surface area (Å²) >= 11 is 0. The minimum Gasteiger partial charge on any atom is -0.464 e. The summed E-state index contributed by atoms with van der Waals surface area (Å²) in [4.78, 5) is 37.1. The summed E-state index contributed by atoms with van der Waals surface area (Å²) in [5.74, 6) is -1.36. The lowest BCUT2D eigenvalue weighted by Crippen LogP contribution is -2.61. The van der Waals surface area contributed by atoms with Crippen LogP contribution in [0.5, 0.6) is 0 Å². The lowest BCUT2D eigenvalue weighted by atomic mass is 9.89. The van der Waals surface area contributed by atoms with Crippen molar-refractivity contribution in [1.82, 2.24) is 10.6 Å². The quantitative estimate of drug-likeness (QED) is 0.461. The van der Waals surface area contributed by atoms with Gasteiger partial charge in [-0.25, -0.2) is 4.79 Å². The number of hydrogen-bond donors (Lipinski definition) is 2. The SMILES string of the molecule is C=CCC(CC=C)(NC(C)=O)C(=O)N[C@@H](Cc1ccccc1)C(=O)OCC. The van der Waals surface area contributed by atoms with Crippen molar-refractivity contribution < 1.29 is 19.1 Å². The molecule has 0 aromatic heterocycles. The number of amides is 2. The summed E-state index contributed by atoms with van der Waals surface area (Å²) in [5, 5.41) is 5.43. The van der Waals surface area contributed by atoms with Crippen molar-refractivity contribution >= 4 is 17.8 Å². The zero-order valence-electron chi connectivity index (χ0n) is 16.0. The smallest absolute Gasteiger partial charge is 0.328 e. The zero-order valence-corrected chi connectivity index (χ0v) is 16.0. The maximum Gasteiger partial charge on any atom is 0.328 e. The van der Waals surface area contributed by atoms with E-state index in [4.69, 9.17) is 4.74 Å². The lowest BCUT2D eigenvalue weighted by Gasteiger charge is -2.33. The molecule has 1 rings (SSSR count). The van der Waals surface area contributed by atoms with Crippen molar-refractivity contribution in [2.24, 2.45) is 0 Å². The second-order valence-corrected chi connectivity index (χ2v) is 6.22. The van der Waals surface area contributed by atoms with Crippen LogP contribution >= 0.6 is 0 Å². The van der Waals surface area contributed by atoms with Gasteiger partial charge in [-0.15, -0.1) is 13.2 Å². The molecule has 6 nitrogen and oxygen atoms in total. The number of carbonyl (C=O) groups excluding carboxylic acids is 3. The van der Waals surface area contributed by atoms with Crippen molar-refractivity contribution in [3.8, 4) is 0 Å². The molecule has 0 saturated heterocycles. The average molecular weight is 372 g/mol. The Morgan fingerprint density at radius 1 is 1.15 bits per heavy atom. The number of ether oxygens (including phenoxy) is 1. The zero-order chi connectivity index (χ0) is 20.3. The minimum atomic E-state index is -1.25. The van der Waals surface area contributed by atoms with Crippen molar-refractivity contribution in [2.75, 3.05) is 6.61 Å². The van der Waals surface area contributed by atoms with E-state index in [-0.39, 0.29) is 31.8 Å². The molecule has 0 aliphatic carbocycles. The van der Waals surface area contributed by atoms with Gasteiger partial charge in [0.2, 0.25) is 11.8 Å². The summed E-state index contributed by atoms with van der Waals surface area (Å²) in [6.07, 6.45) is 3.78. The van der Waals surface area contributed by atoms with Crippen LogP contribution in [0.15, 0.2) is 55.6 Å². The third kappa shape index (κ3) is 6.73. The van der Waals surface area contributed by atoms with Crippen LogP contribution in [0.1, 0.15) is 32.3 Å². The monoisotopic (exact) mass is 372 g/mol. The molecule has 1 atom stereocenters. The third-order valence-corrected chi connectivity index (χ3v) is 3.99. The first-order valence-electron chi connectivity index (χ1n) is 8.90. The molecule has 0 saturated carbocycles. The molecule has 0 aliphatic rings. The fraction of sp³-hybridized carbons (Fsp3) is 0.381. The predicted octanol–water partition coefficient (Wildman–Crippen LogP) is 2.30. The fourth-order valence-corrected chi connectivity index (χ4v) is 2.84. The third-order valence-electron chi connectivity index (χ3n) is 3.99. The van der Waals surface area contributed by atoms with Crippen molar-refractivity contribution in [3.05, 3.63) is 61.2 Å². The molecule has 0 spiro atoms. The Morgan fingerprint density at radius 2 is 1.74 bits per heavy atom. The van der Waals surface area contributed by atoms with Gasteiger partial charge < -0.3 is 15.4 Å². The minimum absolute atomic E-state index is 0.200. The molecule has 6 heteroatoms. The van der Waals surface area contributed by atoms with Crippen LogP contribution in [-0.2, 0) is 25.5 Å². The Kier molecular flexibility index (Phi) is 8.99. The van der Waals surface area contributed by atoms with Gasteiger partial charge in [-0.2, -0.15) is 0 Å². The van der Waals surface area contributed by atoms with E-state index in [9.17, 15) is 14.4 Å². The van der Waals surface area contributed by atoms with Gasteiger partial charge in [0.05, 0.1) is 6.61 Å². The van der Waals surface area contributed by atoms with Crippen LogP contribution in [0.25, 0.3) is 0 Å². The highest BCUT2D eigenvalue weighted by Crippen LogP contribution is 2.19. The molecule has 2 amide bonds. The summed E-state index contributed by atoms with van der Waals surface area (Å²) in [6, 6.07) is 8.45. The molecule has 0 bridgehead atoms. The molecular weight excluding hydrogens is 344 g/mol. The first kappa shape index (κ1) is 22.2. The second kappa shape index (κ2) is 11.0. The van der Waals surface area contributed by atoms with Gasteiger partial charge in [0.1, 0.15) is 11.6 Å². The van der Waals surface area contributed by atoms with E-state index in [0.29, 0.717) is 0 Å². The van der Waals surface area contributed by atoms with Crippen LogP contribution in [0.4, 0.5) is 0 Å². The number of rotatable bonds is 11. The number of nitrogens with one attached hydrogen (secondary N) is 2. The summed E-state index contributed by atoms with van der Waals surface area (Å²) in [7, 11) is 0. The highest BCUT2D eigenvalue weighted by atomic mass is 16.5. The highest BCUT2D eigenvalue weighted by Gasteiger charge is 2.39. The van der Waals surface area contributed by atoms with Crippen LogP contribution in [-0.4, -0.2) is 36.0 Å². The normalized spacial score (nSPS) is 11.8. The van der Waals surface area contributed by atoms with Gasteiger partial charge >= 0.3 is 5.97 Å². The molecule has 1 aromatic carbocycles. The predicted molar refractivity (Wildman–Crippen MR) is 105 cm³/mol. The van der Waals surface area contributed by atoms with Crippen LogP contribution in [0.2, 0.25) is 0 Å². The molecule has 0 radical (unpaired) electrons. The standard InChI is InChI=1S/C21H28N2O4/c1-5-13-21(14-6-2,23-16(4)24)20(26)22-18(19(25)27-7-3)15-17-11-9-8-10-12-17/h5-6,8-12,18H,1-2,7,13-15H2,3-4H3,(H,22,26)(H,23,24)/t18-/m0/s1. The number of hydrogen-bond acceptors (Lipinski definition) is 4. The van der Waals surface area contributed by atoms with Crippen molar-refractivity contribution in [2.45, 2.75) is 44.7 Å². The van der Waals surface area contributed by atoms with Gasteiger partial charge in [-0.1, -0.05) is 42.5 Å². The van der Waals surface area contributed by atoms with E-state index in [2.05, 4.69) is 23.8 Å². The van der Waals surface area contributed by atoms with Crippen molar-refractivity contribution in [3.63, 3.8) is 0 Å². The molecular formula is C21H28N2O4. The Bertz CT molecular complexity index is 660. The fourth-order valence-electron chi connectivity index (χ4n) is 2.84. The van der Waals surface area contributed by atoms with E-state index in [1.165, 1.54) is 6.92 Å². The van der Waals surface area contributed by atoms with E-state index in [1.807, 2.05) is 30.3 Å². The van der Waals surface area contributed by atoms with Gasteiger partial charge in [0, 0.05) is 13.3 Å². The number of esters is 1. The number of benzene rings is 1. The Hall–Kier alpha value is -2.89. The molecule has 1 aromatic rings. The first-order chi connectivity index (χ1) is 12.9. The highest BCUT2D eigenvalue weighted by molar-refractivity contribution is 5.94. The summed E-state index contributed by atoms with van der Waals surface area (Å²) in [5.41, 5.74) is -0.370. The topological polar surface area (TPSA) is 84.5 Å². The lowest BCUT2D eigenvalue weighted by molar-refractivity contribution is -0.148. The van der Waals surface area contributed by atoms with Gasteiger partial charge in [-0.05, 0) is 25.3 Å². The van der Waals surface area contributed by atoms with Crippen LogP contribution in [0, 0.1) is 0 Å². The maximum absolute atomic E-state index is 13.1. The molecule has 0 heterocycles. The van der Waals surface area contributed by atoms with Crippen LogP contribution < -0.4 is 10.6 Å². The Labute approximate surface area is 160 Å². The summed E-state index contributed by atoms with van der Waals surface area (Å²) < 4.78 is 5.11. The molecule has 27 heavy (non-hydrogen) atoms. The largest absolute Gasteiger partial charge is 0.464 e. The maximum atomic E-state index is 13.1. The number of carbonyl (C=O) groups is 3. The van der Waals surface area contributed by atoms with E-state index >= 15 is 0 Å². The molecule has 2 N–H and O–H groups in total. The average Bonchev–Trinajstić information content (AvgIpc) is 2.62. The van der Waals surface area contributed by atoms with E-state index < -0.39 is 23.5 Å². The van der Waals surface area contributed by atoms with Crippen LogP contribution in [0.3, 0.4) is 0 Å². The van der Waals surface area contributed by atoms with Gasteiger partial charge in [0.15, 0.2) is 0 Å². The molecule has 0 aliphatic heterocycles. The summed E-state index contributed by atoms with van der Waals surface area (Å²) in [6.45, 7) is 10.6. The molecule has 146 valence electrons. The van der Waals surface area contributed by atoms with Gasteiger partial charge in [0.25, 0.3) is 0 Å². The Balaban J connectivity index is 3.11. The second-order valence-electron chi connectivity index (χ2n) is 6.22. The van der Waals surface area contributed by atoms with Crippen molar-refractivity contribution in [1.29, 1.82) is 0 Å². The van der Waals surface area contributed by atoms with Gasteiger partial charge in [-0.3, -0.25) is 9.59 Å². The van der Waals surface area contributed by atoms with E-state index in [0.717, 1.165) is 5.56 Å². The molecule has 0 fully saturated rings. The molecule has 0 unspecified atom stereocenters. The first-order valence-corrected chi connectivity index (χ1v) is 8.90.